The average Bonchev–Trinajstić information content (AvgIpc) is 3.25. The zero-order chi connectivity index (χ0) is 13.3. The van der Waals surface area contributed by atoms with Crippen LogP contribution in [0.25, 0.3) is 0 Å². The molecule has 0 bridgehead atoms. The summed E-state index contributed by atoms with van der Waals surface area (Å²) in [5.41, 5.74) is 0. The van der Waals surface area contributed by atoms with E-state index in [9.17, 15) is 0 Å². The third-order valence-corrected chi connectivity index (χ3v) is 4.18. The SMILES string of the molecule is CCCOC1CCCN(CCCCCNC2CC2)C1. The second kappa shape index (κ2) is 8.93. The normalized spacial score (nSPS) is 24.8. The summed E-state index contributed by atoms with van der Waals surface area (Å²) in [6.45, 7) is 8.08. The van der Waals surface area contributed by atoms with Gasteiger partial charge in [0, 0.05) is 19.2 Å². The molecule has 2 rings (SSSR count). The summed E-state index contributed by atoms with van der Waals surface area (Å²) < 4.78 is 5.89. The van der Waals surface area contributed by atoms with Crippen LogP contribution in [0, 0.1) is 0 Å². The Bertz CT molecular complexity index is 231. The predicted octanol–water partition coefficient (Wildman–Crippen LogP) is 2.80. The molecule has 1 aliphatic heterocycles. The molecule has 1 saturated carbocycles. The van der Waals surface area contributed by atoms with Crippen LogP contribution < -0.4 is 5.32 Å². The maximum atomic E-state index is 5.89. The number of rotatable bonds is 10. The summed E-state index contributed by atoms with van der Waals surface area (Å²) in [4.78, 5) is 2.61. The van der Waals surface area contributed by atoms with Crippen molar-refractivity contribution in [3.8, 4) is 0 Å². The first kappa shape index (κ1) is 15.3. The molecule has 3 nitrogen and oxygen atoms in total. The minimum absolute atomic E-state index is 0.505. The third-order valence-electron chi connectivity index (χ3n) is 4.18. The van der Waals surface area contributed by atoms with Crippen LogP contribution in [0.1, 0.15) is 58.3 Å². The van der Waals surface area contributed by atoms with Crippen molar-refractivity contribution in [1.29, 1.82) is 0 Å². The Labute approximate surface area is 119 Å². The van der Waals surface area contributed by atoms with Crippen molar-refractivity contribution < 1.29 is 4.74 Å². The van der Waals surface area contributed by atoms with Gasteiger partial charge in [0.2, 0.25) is 0 Å². The topological polar surface area (TPSA) is 24.5 Å². The third kappa shape index (κ3) is 6.73. The molecular formula is C16H32N2O. The number of unbranched alkanes of at least 4 members (excludes halogenated alkanes) is 2. The largest absolute Gasteiger partial charge is 0.377 e. The minimum atomic E-state index is 0.505. The molecule has 0 spiro atoms. The lowest BCUT2D eigenvalue weighted by atomic mass is 10.1. The Hall–Kier alpha value is -0.120. The van der Waals surface area contributed by atoms with Gasteiger partial charge < -0.3 is 15.0 Å². The van der Waals surface area contributed by atoms with Gasteiger partial charge >= 0.3 is 0 Å². The van der Waals surface area contributed by atoms with Crippen LogP contribution in [-0.4, -0.2) is 49.8 Å². The number of likely N-dealkylation sites (tertiary alicyclic amines) is 1. The molecule has 2 fully saturated rings. The number of hydrogen-bond acceptors (Lipinski definition) is 3. The first-order valence-electron chi connectivity index (χ1n) is 8.46. The molecule has 2 aliphatic rings. The van der Waals surface area contributed by atoms with E-state index in [0.717, 1.165) is 19.1 Å². The van der Waals surface area contributed by atoms with Gasteiger partial charge in [0.1, 0.15) is 0 Å². The summed E-state index contributed by atoms with van der Waals surface area (Å²) in [5.74, 6) is 0. The molecule has 1 heterocycles. The van der Waals surface area contributed by atoms with Crippen LogP contribution in [0.4, 0.5) is 0 Å². The Balaban J connectivity index is 1.45. The second-order valence-electron chi connectivity index (χ2n) is 6.22. The monoisotopic (exact) mass is 268 g/mol. The molecular weight excluding hydrogens is 236 g/mol. The van der Waals surface area contributed by atoms with Crippen molar-refractivity contribution in [2.45, 2.75) is 70.4 Å². The van der Waals surface area contributed by atoms with E-state index in [1.54, 1.807) is 0 Å². The number of piperidine rings is 1. The highest BCUT2D eigenvalue weighted by Gasteiger charge is 2.20. The molecule has 1 aliphatic carbocycles. The fourth-order valence-corrected chi connectivity index (χ4v) is 2.87. The van der Waals surface area contributed by atoms with Gasteiger partial charge in [0.25, 0.3) is 0 Å². The lowest BCUT2D eigenvalue weighted by Gasteiger charge is -2.32. The molecule has 1 saturated heterocycles. The quantitative estimate of drug-likeness (QED) is 0.617. The highest BCUT2D eigenvalue weighted by molar-refractivity contribution is 4.80. The smallest absolute Gasteiger partial charge is 0.0702 e. The summed E-state index contributed by atoms with van der Waals surface area (Å²) in [5, 5.41) is 3.59. The first-order chi connectivity index (χ1) is 9.38. The Morgan fingerprint density at radius 2 is 2.05 bits per heavy atom. The molecule has 112 valence electrons. The first-order valence-corrected chi connectivity index (χ1v) is 8.46. The number of nitrogens with zero attached hydrogens (tertiary/aromatic N) is 1. The van der Waals surface area contributed by atoms with Crippen LogP contribution in [-0.2, 0) is 4.74 Å². The van der Waals surface area contributed by atoms with Gasteiger partial charge in [-0.1, -0.05) is 13.3 Å². The van der Waals surface area contributed by atoms with Crippen molar-refractivity contribution in [2.24, 2.45) is 0 Å². The van der Waals surface area contributed by atoms with E-state index in [2.05, 4.69) is 17.1 Å². The van der Waals surface area contributed by atoms with Crippen molar-refractivity contribution >= 4 is 0 Å². The van der Waals surface area contributed by atoms with E-state index < -0.39 is 0 Å². The van der Waals surface area contributed by atoms with E-state index in [1.807, 2.05) is 0 Å². The van der Waals surface area contributed by atoms with Crippen molar-refractivity contribution in [3.63, 3.8) is 0 Å². The lowest BCUT2D eigenvalue weighted by molar-refractivity contribution is -0.000353. The Kier molecular flexibility index (Phi) is 7.18. The van der Waals surface area contributed by atoms with Gasteiger partial charge in [0.05, 0.1) is 6.10 Å². The van der Waals surface area contributed by atoms with Crippen LogP contribution in [0.15, 0.2) is 0 Å². The molecule has 1 N–H and O–H groups in total. The van der Waals surface area contributed by atoms with Crippen LogP contribution in [0.3, 0.4) is 0 Å². The predicted molar refractivity (Wildman–Crippen MR) is 80.6 cm³/mol. The number of hydrogen-bond donors (Lipinski definition) is 1. The van der Waals surface area contributed by atoms with Gasteiger partial charge in [-0.15, -0.1) is 0 Å². The van der Waals surface area contributed by atoms with Crippen molar-refractivity contribution in [1.82, 2.24) is 10.2 Å². The number of nitrogens with one attached hydrogen (secondary N) is 1. The van der Waals surface area contributed by atoms with Gasteiger partial charge in [0.15, 0.2) is 0 Å². The maximum Gasteiger partial charge on any atom is 0.0702 e. The molecule has 0 aromatic rings. The summed E-state index contributed by atoms with van der Waals surface area (Å²) in [6.07, 6.45) is 11.1. The van der Waals surface area contributed by atoms with Crippen molar-refractivity contribution in [3.05, 3.63) is 0 Å². The van der Waals surface area contributed by atoms with Gasteiger partial charge in [-0.05, 0) is 64.6 Å². The van der Waals surface area contributed by atoms with E-state index in [0.29, 0.717) is 6.10 Å². The lowest BCUT2D eigenvalue weighted by Crippen LogP contribution is -2.40. The zero-order valence-electron chi connectivity index (χ0n) is 12.7. The van der Waals surface area contributed by atoms with Crippen molar-refractivity contribution in [2.75, 3.05) is 32.8 Å². The van der Waals surface area contributed by atoms with E-state index in [-0.39, 0.29) is 0 Å². The molecule has 0 aromatic carbocycles. The summed E-state index contributed by atoms with van der Waals surface area (Å²) in [6, 6.07) is 0.874. The average molecular weight is 268 g/mol. The van der Waals surface area contributed by atoms with Crippen LogP contribution in [0.5, 0.6) is 0 Å². The summed E-state index contributed by atoms with van der Waals surface area (Å²) >= 11 is 0. The Morgan fingerprint density at radius 1 is 1.16 bits per heavy atom. The van der Waals surface area contributed by atoms with E-state index in [1.165, 1.54) is 71.1 Å². The Morgan fingerprint density at radius 3 is 2.84 bits per heavy atom. The molecule has 3 heteroatoms. The van der Waals surface area contributed by atoms with Crippen LogP contribution in [0.2, 0.25) is 0 Å². The van der Waals surface area contributed by atoms with E-state index >= 15 is 0 Å². The highest BCUT2D eigenvalue weighted by atomic mass is 16.5. The number of ether oxygens (including phenoxy) is 1. The fourth-order valence-electron chi connectivity index (χ4n) is 2.87. The molecule has 0 aromatic heterocycles. The molecule has 0 amide bonds. The second-order valence-corrected chi connectivity index (χ2v) is 6.22. The molecule has 1 unspecified atom stereocenters. The minimum Gasteiger partial charge on any atom is -0.377 e. The van der Waals surface area contributed by atoms with Gasteiger partial charge in [-0.2, -0.15) is 0 Å². The molecule has 19 heavy (non-hydrogen) atoms. The highest BCUT2D eigenvalue weighted by Crippen LogP contribution is 2.18. The van der Waals surface area contributed by atoms with E-state index in [4.69, 9.17) is 4.74 Å². The molecule has 0 radical (unpaired) electrons. The standard InChI is InChI=1S/C16H32N2O/c1-2-13-19-16-7-6-12-18(14-16)11-5-3-4-10-17-15-8-9-15/h15-17H,2-14H2,1H3. The van der Waals surface area contributed by atoms with Gasteiger partial charge in [-0.25, -0.2) is 0 Å². The molecule has 1 atom stereocenters. The zero-order valence-corrected chi connectivity index (χ0v) is 12.7. The van der Waals surface area contributed by atoms with Gasteiger partial charge in [-0.3, -0.25) is 0 Å². The summed E-state index contributed by atoms with van der Waals surface area (Å²) in [7, 11) is 0. The van der Waals surface area contributed by atoms with Crippen LogP contribution >= 0.6 is 0 Å². The fraction of sp³-hybridized carbons (Fsp3) is 1.00. The maximum absolute atomic E-state index is 5.89.